The lowest BCUT2D eigenvalue weighted by Crippen LogP contribution is -2.44. The van der Waals surface area contributed by atoms with Crippen molar-refractivity contribution in [1.29, 1.82) is 0 Å². The molecule has 0 aromatic heterocycles. The van der Waals surface area contributed by atoms with Gasteiger partial charge in [-0.05, 0) is 25.0 Å². The smallest absolute Gasteiger partial charge is 0.173 e. The van der Waals surface area contributed by atoms with E-state index in [1.807, 2.05) is 0 Å². The second-order valence-electron chi connectivity index (χ2n) is 4.51. The molecule has 2 N–H and O–H groups in total. The van der Waals surface area contributed by atoms with Crippen molar-refractivity contribution in [2.75, 3.05) is 13.7 Å². The second-order valence-corrected chi connectivity index (χ2v) is 4.51. The van der Waals surface area contributed by atoms with E-state index in [9.17, 15) is 9.18 Å². The Hall–Kier alpha value is -1.42. The molecule has 0 aliphatic heterocycles. The highest BCUT2D eigenvalue weighted by atomic mass is 19.1. The van der Waals surface area contributed by atoms with Gasteiger partial charge in [-0.3, -0.25) is 4.79 Å². The van der Waals surface area contributed by atoms with Crippen molar-refractivity contribution in [3.63, 3.8) is 0 Å². The van der Waals surface area contributed by atoms with Gasteiger partial charge in [-0.2, -0.15) is 0 Å². The van der Waals surface area contributed by atoms with Gasteiger partial charge in [-0.1, -0.05) is 6.42 Å². The summed E-state index contributed by atoms with van der Waals surface area (Å²) in [4.78, 5) is 12.2. The number of carbonyl (C=O) groups excluding carboxylic acids is 1. The molecule has 3 nitrogen and oxygen atoms in total. The first kappa shape index (κ1) is 12.0. The molecular formula is C13H16FNO2. The summed E-state index contributed by atoms with van der Waals surface area (Å²) < 4.78 is 18.7. The average molecular weight is 237 g/mol. The lowest BCUT2D eigenvalue weighted by molar-refractivity contribution is 0.0631. The predicted molar refractivity (Wildman–Crippen MR) is 62.6 cm³/mol. The van der Waals surface area contributed by atoms with E-state index in [4.69, 9.17) is 10.5 Å². The van der Waals surface area contributed by atoms with Crippen molar-refractivity contribution < 1.29 is 13.9 Å². The Balaban J connectivity index is 2.31. The Morgan fingerprint density at radius 3 is 2.65 bits per heavy atom. The molecule has 1 fully saturated rings. The number of carbonyl (C=O) groups is 1. The highest BCUT2D eigenvalue weighted by Gasteiger charge is 2.43. The fraction of sp³-hybridized carbons (Fsp3) is 0.462. The van der Waals surface area contributed by atoms with Gasteiger partial charge in [0.05, 0.1) is 12.7 Å². The molecule has 2 rings (SSSR count). The van der Waals surface area contributed by atoms with Crippen LogP contribution in [0.25, 0.3) is 0 Å². The van der Waals surface area contributed by atoms with Gasteiger partial charge in [0.25, 0.3) is 0 Å². The predicted octanol–water partition coefficient (Wildman–Crippen LogP) is 2.15. The zero-order valence-electron chi connectivity index (χ0n) is 9.83. The molecule has 1 aliphatic carbocycles. The topological polar surface area (TPSA) is 52.3 Å². The number of methoxy groups -OCH3 is 1. The van der Waals surface area contributed by atoms with Crippen LogP contribution in [-0.2, 0) is 0 Å². The Kier molecular flexibility index (Phi) is 3.15. The van der Waals surface area contributed by atoms with Gasteiger partial charge in [0, 0.05) is 18.0 Å². The number of ether oxygens (including phenoxy) is 1. The largest absolute Gasteiger partial charge is 0.497 e. The number of hydrogen-bond donors (Lipinski definition) is 1. The molecule has 0 atom stereocenters. The molecule has 1 aromatic rings. The van der Waals surface area contributed by atoms with Crippen LogP contribution in [0, 0.1) is 11.2 Å². The minimum absolute atomic E-state index is 0.121. The second kappa shape index (κ2) is 4.45. The molecule has 1 saturated carbocycles. The van der Waals surface area contributed by atoms with Crippen molar-refractivity contribution in [1.82, 2.24) is 0 Å². The average Bonchev–Trinajstić information content (AvgIpc) is 2.28. The standard InChI is InChI=1S/C13H16FNO2/c1-17-9-3-4-10(11(14)7-9)12(16)13(8-15)5-2-6-13/h3-4,7H,2,5-6,8,15H2,1H3. The Morgan fingerprint density at radius 1 is 1.53 bits per heavy atom. The Bertz CT molecular complexity index is 436. The van der Waals surface area contributed by atoms with Crippen molar-refractivity contribution in [3.05, 3.63) is 29.6 Å². The number of Topliss-reactive ketones (excluding diaryl/α,β-unsaturated/α-hetero) is 1. The van der Waals surface area contributed by atoms with Gasteiger partial charge in [0.1, 0.15) is 11.6 Å². The fourth-order valence-corrected chi connectivity index (χ4v) is 2.22. The zero-order valence-corrected chi connectivity index (χ0v) is 9.83. The minimum atomic E-state index is -0.533. The fourth-order valence-electron chi connectivity index (χ4n) is 2.22. The summed E-state index contributed by atoms with van der Waals surface area (Å²) in [5.74, 6) is -0.296. The van der Waals surface area contributed by atoms with E-state index < -0.39 is 11.2 Å². The van der Waals surface area contributed by atoms with Crippen LogP contribution in [0.4, 0.5) is 4.39 Å². The quantitative estimate of drug-likeness (QED) is 0.816. The molecule has 0 amide bonds. The lowest BCUT2D eigenvalue weighted by atomic mass is 9.64. The van der Waals surface area contributed by atoms with Gasteiger partial charge in [-0.25, -0.2) is 4.39 Å². The lowest BCUT2D eigenvalue weighted by Gasteiger charge is -2.39. The van der Waals surface area contributed by atoms with E-state index in [1.165, 1.54) is 19.2 Å². The van der Waals surface area contributed by atoms with Gasteiger partial charge in [-0.15, -0.1) is 0 Å². The molecule has 1 aromatic carbocycles. The third-order valence-electron chi connectivity index (χ3n) is 3.60. The van der Waals surface area contributed by atoms with Gasteiger partial charge < -0.3 is 10.5 Å². The van der Waals surface area contributed by atoms with Crippen LogP contribution in [0.2, 0.25) is 0 Å². The minimum Gasteiger partial charge on any atom is -0.497 e. The zero-order chi connectivity index (χ0) is 12.5. The Morgan fingerprint density at radius 2 is 2.24 bits per heavy atom. The molecule has 1 aliphatic rings. The van der Waals surface area contributed by atoms with Crippen LogP contribution in [0.3, 0.4) is 0 Å². The SMILES string of the molecule is COc1ccc(C(=O)C2(CN)CCC2)c(F)c1. The normalized spacial score (nSPS) is 17.4. The third kappa shape index (κ3) is 1.93. The summed E-state index contributed by atoms with van der Waals surface area (Å²) in [5.41, 5.74) is 5.23. The molecule has 17 heavy (non-hydrogen) atoms. The van der Waals surface area contributed by atoms with E-state index >= 15 is 0 Å². The monoisotopic (exact) mass is 237 g/mol. The summed E-state index contributed by atoms with van der Waals surface area (Å²) in [6.07, 6.45) is 2.50. The van der Waals surface area contributed by atoms with Crippen LogP contribution in [0.1, 0.15) is 29.6 Å². The van der Waals surface area contributed by atoms with E-state index in [1.54, 1.807) is 6.07 Å². The maximum absolute atomic E-state index is 13.8. The first-order chi connectivity index (χ1) is 8.13. The number of nitrogens with two attached hydrogens (primary N) is 1. The number of halogens is 1. The Labute approximate surface area is 99.8 Å². The van der Waals surface area contributed by atoms with Crippen LogP contribution >= 0.6 is 0 Å². The summed E-state index contributed by atoms with van der Waals surface area (Å²) in [6, 6.07) is 4.31. The van der Waals surface area contributed by atoms with Crippen LogP contribution in [0.15, 0.2) is 18.2 Å². The molecule has 0 unspecified atom stereocenters. The first-order valence-corrected chi connectivity index (χ1v) is 5.71. The molecule has 0 saturated heterocycles. The van der Waals surface area contributed by atoms with Crippen molar-refractivity contribution >= 4 is 5.78 Å². The molecule has 0 heterocycles. The summed E-state index contributed by atoms with van der Waals surface area (Å²) in [7, 11) is 1.46. The van der Waals surface area contributed by atoms with E-state index in [2.05, 4.69) is 0 Å². The van der Waals surface area contributed by atoms with Gasteiger partial charge in [0.15, 0.2) is 5.78 Å². The van der Waals surface area contributed by atoms with Crippen molar-refractivity contribution in [2.45, 2.75) is 19.3 Å². The van der Waals surface area contributed by atoms with Crippen LogP contribution in [-0.4, -0.2) is 19.4 Å². The highest BCUT2D eigenvalue weighted by Crippen LogP contribution is 2.43. The van der Waals surface area contributed by atoms with E-state index in [0.29, 0.717) is 5.75 Å². The number of hydrogen-bond acceptors (Lipinski definition) is 3. The summed E-state index contributed by atoms with van der Waals surface area (Å²) in [5, 5.41) is 0. The van der Waals surface area contributed by atoms with Crippen molar-refractivity contribution in [3.8, 4) is 5.75 Å². The number of rotatable bonds is 4. The van der Waals surface area contributed by atoms with Gasteiger partial charge >= 0.3 is 0 Å². The molecule has 92 valence electrons. The molecule has 4 heteroatoms. The summed E-state index contributed by atoms with van der Waals surface area (Å²) >= 11 is 0. The maximum Gasteiger partial charge on any atom is 0.173 e. The molecule has 0 spiro atoms. The first-order valence-electron chi connectivity index (χ1n) is 5.71. The van der Waals surface area contributed by atoms with Crippen LogP contribution in [0.5, 0.6) is 5.75 Å². The third-order valence-corrected chi connectivity index (χ3v) is 3.60. The number of ketones is 1. The van der Waals surface area contributed by atoms with Crippen LogP contribution < -0.4 is 10.5 Å². The maximum atomic E-state index is 13.8. The van der Waals surface area contributed by atoms with E-state index in [0.717, 1.165) is 19.3 Å². The van der Waals surface area contributed by atoms with Gasteiger partial charge in [0.2, 0.25) is 0 Å². The highest BCUT2D eigenvalue weighted by molar-refractivity contribution is 6.01. The molecular weight excluding hydrogens is 221 g/mol. The van der Waals surface area contributed by atoms with E-state index in [-0.39, 0.29) is 17.9 Å². The number of benzene rings is 1. The van der Waals surface area contributed by atoms with Crippen molar-refractivity contribution in [2.24, 2.45) is 11.1 Å². The molecule has 0 bridgehead atoms. The summed E-state index contributed by atoms with van der Waals surface area (Å²) in [6.45, 7) is 0.289. The molecule has 0 radical (unpaired) electrons.